The highest BCUT2D eigenvalue weighted by atomic mass is 19.4. The first-order valence-corrected chi connectivity index (χ1v) is 14.3. The molecule has 39 heavy (non-hydrogen) atoms. The third-order valence-corrected chi connectivity index (χ3v) is 10.4. The Kier molecular flexibility index (Phi) is 7.97. The topological polar surface area (TPSA) is 54.1 Å². The minimum Gasteiger partial charge on any atom is -0.339 e. The quantitative estimate of drug-likeness (QED) is 0.498. The fraction of sp³-hybridized carbons (Fsp3) is 0.962. The standard InChI is InChI=1S/C26H42F6N6O/c1-24(27,25(28,29)23-34-33-15-36(23)3)16-5-4-6-17(11-16)38-14-20-19(22(38)39)12-18(13-21(20)26(30,31)32)37-9-7-35(2)8-10-37/h16-21,23,33-34H,4-15H2,1-3H3/t16?,17?,18?,19?,20?,21?,23?,24-/m1/s1. The van der Waals surface area contributed by atoms with E-state index in [9.17, 15) is 18.0 Å². The number of carbonyl (C=O) groups excluding carboxylic acids is 1. The Morgan fingerprint density at radius 2 is 1.59 bits per heavy atom. The second-order valence-electron chi connectivity index (χ2n) is 12.7. The SMILES string of the molecule is CN1CCN(C2CC3C(=O)N(C4CCCC([C@@](C)(F)C(F)(F)C5NNCN5C)C4)CC3C(C(F)(F)F)C2)CC1. The number of piperazine rings is 1. The van der Waals surface area contributed by atoms with Crippen LogP contribution in [0.5, 0.6) is 0 Å². The molecule has 13 heteroatoms. The number of nitrogens with one attached hydrogen (secondary N) is 2. The van der Waals surface area contributed by atoms with E-state index >= 15 is 13.2 Å². The molecule has 7 nitrogen and oxygen atoms in total. The first kappa shape index (κ1) is 29.3. The van der Waals surface area contributed by atoms with Crippen molar-refractivity contribution >= 4 is 5.91 Å². The summed E-state index contributed by atoms with van der Waals surface area (Å²) in [7, 11) is 3.46. The van der Waals surface area contributed by atoms with Gasteiger partial charge in [-0.15, -0.1) is 0 Å². The number of hydrogen-bond acceptors (Lipinski definition) is 6. The summed E-state index contributed by atoms with van der Waals surface area (Å²) < 4.78 is 89.9. The van der Waals surface area contributed by atoms with Gasteiger partial charge in [0.25, 0.3) is 0 Å². The van der Waals surface area contributed by atoms with Gasteiger partial charge in [-0.05, 0) is 59.0 Å². The highest BCUT2D eigenvalue weighted by molar-refractivity contribution is 5.82. The summed E-state index contributed by atoms with van der Waals surface area (Å²) in [6.07, 6.45) is -4.37. The summed E-state index contributed by atoms with van der Waals surface area (Å²) in [6, 6.07) is -0.844. The number of fused-ring (bicyclic) bond motifs is 1. The van der Waals surface area contributed by atoms with E-state index in [1.807, 2.05) is 7.05 Å². The van der Waals surface area contributed by atoms with Crippen molar-refractivity contribution in [3.05, 3.63) is 0 Å². The molecule has 0 aromatic heterocycles. The molecule has 8 atom stereocenters. The van der Waals surface area contributed by atoms with Crippen LogP contribution in [0.15, 0.2) is 0 Å². The lowest BCUT2D eigenvalue weighted by Crippen LogP contribution is -2.62. The minimum atomic E-state index is -4.42. The molecule has 5 aliphatic rings. The zero-order valence-electron chi connectivity index (χ0n) is 23.0. The van der Waals surface area contributed by atoms with Crippen molar-refractivity contribution in [2.75, 3.05) is 53.5 Å². The Hall–Kier alpha value is -1.15. The molecule has 0 bridgehead atoms. The van der Waals surface area contributed by atoms with E-state index in [0.29, 0.717) is 32.4 Å². The first-order valence-electron chi connectivity index (χ1n) is 14.3. The van der Waals surface area contributed by atoms with Gasteiger partial charge in [-0.1, -0.05) is 6.42 Å². The molecule has 2 N–H and O–H groups in total. The molecule has 7 unspecified atom stereocenters. The highest BCUT2D eigenvalue weighted by Crippen LogP contribution is 2.52. The van der Waals surface area contributed by atoms with Crippen molar-refractivity contribution in [3.63, 3.8) is 0 Å². The van der Waals surface area contributed by atoms with Crippen LogP contribution < -0.4 is 10.9 Å². The maximum absolute atomic E-state index is 16.0. The molecule has 0 spiro atoms. The molecule has 0 aromatic carbocycles. The lowest BCUT2D eigenvalue weighted by Gasteiger charge is -2.45. The van der Waals surface area contributed by atoms with Crippen LogP contribution in [0, 0.1) is 23.7 Å². The van der Waals surface area contributed by atoms with E-state index < -0.39 is 53.6 Å². The Morgan fingerprint density at radius 3 is 2.21 bits per heavy atom. The van der Waals surface area contributed by atoms with Gasteiger partial charge < -0.3 is 9.80 Å². The zero-order chi connectivity index (χ0) is 28.3. The van der Waals surface area contributed by atoms with Crippen molar-refractivity contribution in [1.29, 1.82) is 0 Å². The predicted molar refractivity (Wildman–Crippen MR) is 133 cm³/mol. The van der Waals surface area contributed by atoms with E-state index in [1.165, 1.54) is 16.8 Å². The van der Waals surface area contributed by atoms with Crippen molar-refractivity contribution < 1.29 is 31.1 Å². The maximum Gasteiger partial charge on any atom is 0.392 e. The second-order valence-corrected chi connectivity index (χ2v) is 12.7. The second kappa shape index (κ2) is 10.6. The number of likely N-dealkylation sites (N-methyl/N-ethyl adjacent to an activating group) is 1. The van der Waals surface area contributed by atoms with Crippen LogP contribution in [0.25, 0.3) is 0 Å². The van der Waals surface area contributed by atoms with E-state index in [2.05, 4.69) is 20.7 Å². The van der Waals surface area contributed by atoms with Crippen LogP contribution >= 0.6 is 0 Å². The predicted octanol–water partition coefficient (Wildman–Crippen LogP) is 2.89. The van der Waals surface area contributed by atoms with Crippen molar-refractivity contribution in [1.82, 2.24) is 30.5 Å². The normalized spacial score (nSPS) is 39.7. The number of halogens is 6. The fourth-order valence-electron chi connectivity index (χ4n) is 7.89. The fourth-order valence-corrected chi connectivity index (χ4v) is 7.89. The van der Waals surface area contributed by atoms with Gasteiger partial charge in [0.15, 0.2) is 5.67 Å². The summed E-state index contributed by atoms with van der Waals surface area (Å²) in [5, 5.41) is 0. The molecule has 5 fully saturated rings. The number of alkyl halides is 6. The van der Waals surface area contributed by atoms with Crippen molar-refractivity contribution in [2.45, 2.75) is 81.5 Å². The minimum absolute atomic E-state index is 0.0203. The Balaban J connectivity index is 1.32. The summed E-state index contributed by atoms with van der Waals surface area (Å²) >= 11 is 0. The van der Waals surface area contributed by atoms with Crippen LogP contribution in [-0.4, -0.2) is 115 Å². The van der Waals surface area contributed by atoms with E-state index in [4.69, 9.17) is 0 Å². The lowest BCUT2D eigenvalue weighted by atomic mass is 9.70. The molecule has 0 radical (unpaired) electrons. The molecule has 3 heterocycles. The van der Waals surface area contributed by atoms with Gasteiger partial charge in [-0.3, -0.25) is 14.6 Å². The number of amides is 1. The summed E-state index contributed by atoms with van der Waals surface area (Å²) in [6.45, 7) is 3.95. The monoisotopic (exact) mass is 568 g/mol. The first-order chi connectivity index (χ1) is 18.2. The van der Waals surface area contributed by atoms with Gasteiger partial charge in [0.2, 0.25) is 5.91 Å². The van der Waals surface area contributed by atoms with Crippen molar-refractivity contribution in [3.8, 4) is 0 Å². The number of nitrogens with zero attached hydrogens (tertiary/aromatic N) is 4. The highest BCUT2D eigenvalue weighted by Gasteiger charge is 2.63. The van der Waals surface area contributed by atoms with Gasteiger partial charge in [-0.25, -0.2) is 15.2 Å². The van der Waals surface area contributed by atoms with Gasteiger partial charge >= 0.3 is 12.1 Å². The van der Waals surface area contributed by atoms with E-state index in [-0.39, 0.29) is 44.4 Å². The summed E-state index contributed by atoms with van der Waals surface area (Å²) in [5.41, 5.74) is 2.21. The zero-order valence-corrected chi connectivity index (χ0v) is 23.0. The molecular weight excluding hydrogens is 526 g/mol. The maximum atomic E-state index is 16.0. The Labute approximate surface area is 226 Å². The van der Waals surface area contributed by atoms with Crippen LogP contribution in [0.3, 0.4) is 0 Å². The molecule has 2 aliphatic carbocycles. The average Bonchev–Trinajstić information content (AvgIpc) is 3.46. The van der Waals surface area contributed by atoms with Gasteiger partial charge in [-0.2, -0.15) is 22.0 Å². The van der Waals surface area contributed by atoms with Crippen LogP contribution in [0.2, 0.25) is 0 Å². The molecule has 224 valence electrons. The molecule has 3 saturated heterocycles. The molecule has 2 saturated carbocycles. The number of rotatable bonds is 5. The Morgan fingerprint density at radius 1 is 0.897 bits per heavy atom. The third-order valence-electron chi connectivity index (χ3n) is 10.4. The van der Waals surface area contributed by atoms with Gasteiger partial charge in [0.1, 0.15) is 6.17 Å². The van der Waals surface area contributed by atoms with E-state index in [1.54, 1.807) is 0 Å². The van der Waals surface area contributed by atoms with Gasteiger partial charge in [0, 0.05) is 56.6 Å². The lowest BCUT2D eigenvalue weighted by molar-refractivity contribution is -0.205. The number of carbonyl (C=O) groups is 1. The number of likely N-dealkylation sites (tertiary alicyclic amines) is 1. The number of hydrazine groups is 1. The molecule has 3 aliphatic heterocycles. The molecule has 5 rings (SSSR count). The van der Waals surface area contributed by atoms with Crippen LogP contribution in [0.1, 0.15) is 45.4 Å². The third kappa shape index (κ3) is 5.30. The average molecular weight is 569 g/mol. The summed E-state index contributed by atoms with van der Waals surface area (Å²) in [5.74, 6) is -8.22. The molecular formula is C26H42F6N6O. The largest absolute Gasteiger partial charge is 0.392 e. The summed E-state index contributed by atoms with van der Waals surface area (Å²) in [4.78, 5) is 20.7. The van der Waals surface area contributed by atoms with Crippen LogP contribution in [0.4, 0.5) is 26.3 Å². The molecule has 0 aromatic rings. The smallest absolute Gasteiger partial charge is 0.339 e. The van der Waals surface area contributed by atoms with Gasteiger partial charge in [0.05, 0.1) is 12.6 Å². The van der Waals surface area contributed by atoms with Crippen LogP contribution in [-0.2, 0) is 4.79 Å². The van der Waals surface area contributed by atoms with E-state index in [0.717, 1.165) is 20.0 Å². The van der Waals surface area contributed by atoms with Crippen molar-refractivity contribution in [2.24, 2.45) is 23.7 Å². The number of hydrogen-bond donors (Lipinski definition) is 2. The molecule has 1 amide bonds. The Bertz CT molecular complexity index is 897.